The van der Waals surface area contributed by atoms with Gasteiger partial charge in [0, 0.05) is 24.9 Å². The maximum atomic E-state index is 11.7. The molecule has 0 spiro atoms. The molecule has 0 radical (unpaired) electrons. The van der Waals surface area contributed by atoms with Gasteiger partial charge < -0.3 is 10.4 Å². The zero-order valence-electron chi connectivity index (χ0n) is 11.5. The molecule has 0 aliphatic rings. The lowest BCUT2D eigenvalue weighted by Crippen LogP contribution is -2.48. The Morgan fingerprint density at radius 2 is 2.11 bits per heavy atom. The summed E-state index contributed by atoms with van der Waals surface area (Å²) in [7, 11) is 1.78. The van der Waals surface area contributed by atoms with Crippen molar-refractivity contribution in [2.75, 3.05) is 0 Å². The van der Waals surface area contributed by atoms with Crippen molar-refractivity contribution >= 4 is 18.0 Å². The fourth-order valence-electron chi connectivity index (χ4n) is 1.54. The van der Waals surface area contributed by atoms with Crippen LogP contribution in [0.5, 0.6) is 0 Å². The first-order valence-electron chi connectivity index (χ1n) is 5.90. The third kappa shape index (κ3) is 4.57. The molecular weight excluding hydrogens is 246 g/mol. The minimum Gasteiger partial charge on any atom is -0.480 e. The zero-order valence-corrected chi connectivity index (χ0v) is 11.5. The quantitative estimate of drug-likeness (QED) is 0.797. The standard InChI is InChI=1S/C13H19N3O3/c1-13(2,3)11(12(18)19)15-10(17)6-5-9-7-14-16(4)8-9/h5-8,11H,1-4H3,(H,15,17)(H,18,19)/b6-5+/t11-/m0/s1. The van der Waals surface area contributed by atoms with E-state index in [1.165, 1.54) is 6.08 Å². The molecule has 2 N–H and O–H groups in total. The molecular formula is C13H19N3O3. The van der Waals surface area contributed by atoms with E-state index in [-0.39, 0.29) is 0 Å². The van der Waals surface area contributed by atoms with E-state index in [1.807, 2.05) is 0 Å². The monoisotopic (exact) mass is 265 g/mol. The zero-order chi connectivity index (χ0) is 14.6. The van der Waals surface area contributed by atoms with Crippen molar-refractivity contribution in [1.82, 2.24) is 15.1 Å². The average Bonchev–Trinajstić information content (AvgIpc) is 2.67. The number of hydrogen-bond donors (Lipinski definition) is 2. The topological polar surface area (TPSA) is 84.2 Å². The highest BCUT2D eigenvalue weighted by atomic mass is 16.4. The molecule has 1 atom stereocenters. The fraction of sp³-hybridized carbons (Fsp3) is 0.462. The van der Waals surface area contributed by atoms with Crippen molar-refractivity contribution in [2.45, 2.75) is 26.8 Å². The number of carbonyl (C=O) groups is 2. The van der Waals surface area contributed by atoms with Crippen LogP contribution in [0.4, 0.5) is 0 Å². The number of carboxylic acids is 1. The SMILES string of the molecule is Cn1cc(/C=C/C(=O)N[C@@H](C(=O)O)C(C)(C)C)cn1. The van der Waals surface area contributed by atoms with Crippen molar-refractivity contribution in [1.29, 1.82) is 0 Å². The Labute approximate surface area is 112 Å². The van der Waals surface area contributed by atoms with Crippen LogP contribution >= 0.6 is 0 Å². The molecule has 0 fully saturated rings. The molecule has 1 aromatic rings. The Kier molecular flexibility index (Phi) is 4.47. The number of nitrogens with one attached hydrogen (secondary N) is 1. The Morgan fingerprint density at radius 1 is 1.47 bits per heavy atom. The summed E-state index contributed by atoms with van der Waals surface area (Å²) in [5.41, 5.74) is 0.226. The van der Waals surface area contributed by atoms with Crippen LogP contribution in [0.25, 0.3) is 6.08 Å². The Bertz CT molecular complexity index is 497. The molecule has 0 saturated carbocycles. The number of carbonyl (C=O) groups excluding carboxylic acids is 1. The molecule has 6 heteroatoms. The van der Waals surface area contributed by atoms with E-state index in [9.17, 15) is 9.59 Å². The van der Waals surface area contributed by atoms with Gasteiger partial charge in [0.05, 0.1) is 6.20 Å². The summed E-state index contributed by atoms with van der Waals surface area (Å²) in [4.78, 5) is 22.8. The van der Waals surface area contributed by atoms with Crippen molar-refractivity contribution in [3.8, 4) is 0 Å². The van der Waals surface area contributed by atoms with Gasteiger partial charge in [0.2, 0.25) is 5.91 Å². The summed E-state index contributed by atoms with van der Waals surface area (Å²) >= 11 is 0. The molecule has 0 aromatic carbocycles. The summed E-state index contributed by atoms with van der Waals surface area (Å²) in [5, 5.41) is 15.5. The molecule has 1 amide bonds. The van der Waals surface area contributed by atoms with Crippen LogP contribution in [0.2, 0.25) is 0 Å². The second-order valence-corrected chi connectivity index (χ2v) is 5.43. The van der Waals surface area contributed by atoms with E-state index in [0.29, 0.717) is 0 Å². The number of nitrogens with zero attached hydrogens (tertiary/aromatic N) is 2. The molecule has 0 unspecified atom stereocenters. The Balaban J connectivity index is 2.68. The second kappa shape index (κ2) is 5.69. The average molecular weight is 265 g/mol. The third-order valence-electron chi connectivity index (χ3n) is 2.55. The van der Waals surface area contributed by atoms with Crippen LogP contribution in [0.3, 0.4) is 0 Å². The van der Waals surface area contributed by atoms with Crippen LogP contribution in [0.1, 0.15) is 26.3 Å². The second-order valence-electron chi connectivity index (χ2n) is 5.43. The molecule has 1 aromatic heterocycles. The van der Waals surface area contributed by atoms with Gasteiger partial charge in [0.1, 0.15) is 6.04 Å². The minimum atomic E-state index is -1.05. The van der Waals surface area contributed by atoms with Crippen molar-refractivity contribution in [2.24, 2.45) is 12.5 Å². The molecule has 0 saturated heterocycles. The van der Waals surface area contributed by atoms with Crippen LogP contribution in [-0.4, -0.2) is 32.8 Å². The van der Waals surface area contributed by atoms with Crippen LogP contribution in [-0.2, 0) is 16.6 Å². The predicted octanol–water partition coefficient (Wildman–Crippen LogP) is 1.05. The number of carboxylic acid groups (broad SMARTS) is 1. The van der Waals surface area contributed by atoms with Gasteiger partial charge in [-0.15, -0.1) is 0 Å². The lowest BCUT2D eigenvalue weighted by atomic mass is 9.87. The van der Waals surface area contributed by atoms with Crippen LogP contribution in [0.15, 0.2) is 18.5 Å². The summed E-state index contributed by atoms with van der Waals surface area (Å²) in [6, 6.07) is -0.932. The van der Waals surface area contributed by atoms with Gasteiger partial charge in [-0.1, -0.05) is 20.8 Å². The molecule has 0 aliphatic carbocycles. The van der Waals surface area contributed by atoms with E-state index >= 15 is 0 Å². The molecule has 104 valence electrons. The van der Waals surface area contributed by atoms with Gasteiger partial charge in [-0.25, -0.2) is 4.79 Å². The minimum absolute atomic E-state index is 0.439. The third-order valence-corrected chi connectivity index (χ3v) is 2.55. The first kappa shape index (κ1) is 14.9. The summed E-state index contributed by atoms with van der Waals surface area (Å²) in [5.74, 6) is -1.48. The van der Waals surface area contributed by atoms with Gasteiger partial charge in [0.25, 0.3) is 0 Å². The number of amides is 1. The van der Waals surface area contributed by atoms with E-state index in [1.54, 1.807) is 51.0 Å². The first-order chi connectivity index (χ1) is 8.70. The summed E-state index contributed by atoms with van der Waals surface area (Å²) in [6.45, 7) is 5.28. The van der Waals surface area contributed by atoms with E-state index in [0.717, 1.165) is 5.56 Å². The van der Waals surface area contributed by atoms with Gasteiger partial charge in [-0.2, -0.15) is 5.10 Å². The van der Waals surface area contributed by atoms with E-state index in [4.69, 9.17) is 5.11 Å². The van der Waals surface area contributed by atoms with Crippen molar-refractivity contribution in [3.05, 3.63) is 24.0 Å². The van der Waals surface area contributed by atoms with Crippen LogP contribution < -0.4 is 5.32 Å². The highest BCUT2D eigenvalue weighted by Gasteiger charge is 2.31. The highest BCUT2D eigenvalue weighted by molar-refractivity contribution is 5.94. The largest absolute Gasteiger partial charge is 0.480 e. The maximum absolute atomic E-state index is 11.7. The predicted molar refractivity (Wildman–Crippen MR) is 71.3 cm³/mol. The van der Waals surface area contributed by atoms with Gasteiger partial charge in [-0.05, 0) is 11.5 Å². The normalized spacial score (nSPS) is 13.5. The molecule has 0 bridgehead atoms. The van der Waals surface area contributed by atoms with E-state index in [2.05, 4.69) is 10.4 Å². The van der Waals surface area contributed by atoms with Gasteiger partial charge in [-0.3, -0.25) is 9.48 Å². The Hall–Kier alpha value is -2.11. The summed E-state index contributed by atoms with van der Waals surface area (Å²) < 4.78 is 1.62. The lowest BCUT2D eigenvalue weighted by Gasteiger charge is -2.27. The molecule has 0 aliphatic heterocycles. The summed E-state index contributed by atoms with van der Waals surface area (Å²) in [6.07, 6.45) is 6.26. The van der Waals surface area contributed by atoms with Crippen molar-refractivity contribution < 1.29 is 14.7 Å². The number of aryl methyl sites for hydroxylation is 1. The number of aliphatic carboxylic acids is 1. The Morgan fingerprint density at radius 3 is 2.53 bits per heavy atom. The van der Waals surface area contributed by atoms with Gasteiger partial charge in [0.15, 0.2) is 0 Å². The first-order valence-corrected chi connectivity index (χ1v) is 5.90. The number of rotatable bonds is 4. The van der Waals surface area contributed by atoms with Crippen LogP contribution in [0, 0.1) is 5.41 Å². The van der Waals surface area contributed by atoms with E-state index < -0.39 is 23.3 Å². The van der Waals surface area contributed by atoms with Gasteiger partial charge >= 0.3 is 5.97 Å². The van der Waals surface area contributed by atoms with Crippen molar-refractivity contribution in [3.63, 3.8) is 0 Å². The number of aromatic nitrogens is 2. The lowest BCUT2D eigenvalue weighted by molar-refractivity contribution is -0.144. The molecule has 19 heavy (non-hydrogen) atoms. The smallest absolute Gasteiger partial charge is 0.326 e. The fourth-order valence-corrected chi connectivity index (χ4v) is 1.54. The molecule has 1 heterocycles. The number of hydrogen-bond acceptors (Lipinski definition) is 3. The molecule has 1 rings (SSSR count). The highest BCUT2D eigenvalue weighted by Crippen LogP contribution is 2.19. The maximum Gasteiger partial charge on any atom is 0.326 e. The molecule has 6 nitrogen and oxygen atoms in total.